The molecule has 0 aromatic carbocycles. The van der Waals surface area contributed by atoms with Crippen molar-refractivity contribution in [2.24, 2.45) is 5.41 Å². The number of aliphatic carboxylic acids is 1. The Morgan fingerprint density at radius 1 is 1.47 bits per heavy atom. The van der Waals surface area contributed by atoms with Crippen LogP contribution in [0.4, 0.5) is 0 Å². The van der Waals surface area contributed by atoms with E-state index in [1.807, 2.05) is 0 Å². The number of amides is 1. The van der Waals surface area contributed by atoms with Crippen LogP contribution in [-0.4, -0.2) is 35.0 Å². The Kier molecular flexibility index (Phi) is 3.22. The normalized spacial score (nSPS) is 22.6. The second-order valence-electron chi connectivity index (χ2n) is 5.26. The highest BCUT2D eigenvalue weighted by Gasteiger charge is 2.46. The first-order valence-corrected chi connectivity index (χ1v) is 6.20. The van der Waals surface area contributed by atoms with E-state index in [1.165, 1.54) is 5.57 Å². The molecular formula is C13H19NO3. The van der Waals surface area contributed by atoms with Gasteiger partial charge in [0, 0.05) is 19.5 Å². The molecule has 2 aliphatic rings. The van der Waals surface area contributed by atoms with E-state index in [9.17, 15) is 14.7 Å². The zero-order valence-corrected chi connectivity index (χ0v) is 10.2. The molecule has 17 heavy (non-hydrogen) atoms. The molecule has 1 aliphatic heterocycles. The van der Waals surface area contributed by atoms with Crippen LogP contribution in [0.25, 0.3) is 0 Å². The van der Waals surface area contributed by atoms with Crippen LogP contribution >= 0.6 is 0 Å². The summed E-state index contributed by atoms with van der Waals surface area (Å²) in [5.41, 5.74) is 0.554. The summed E-state index contributed by atoms with van der Waals surface area (Å²) >= 11 is 0. The summed E-state index contributed by atoms with van der Waals surface area (Å²) in [5, 5.41) is 9.19. The summed E-state index contributed by atoms with van der Waals surface area (Å²) in [6.07, 6.45) is 5.36. The van der Waals surface area contributed by atoms with Crippen LogP contribution in [0.5, 0.6) is 0 Å². The third-order valence-corrected chi connectivity index (χ3v) is 4.04. The lowest BCUT2D eigenvalue weighted by Crippen LogP contribution is -2.44. The summed E-state index contributed by atoms with van der Waals surface area (Å²) in [4.78, 5) is 25.0. The number of nitrogens with zero attached hydrogens (tertiary/aromatic N) is 1. The van der Waals surface area contributed by atoms with E-state index in [2.05, 4.69) is 13.0 Å². The molecule has 1 aliphatic carbocycles. The molecular weight excluding hydrogens is 218 g/mol. The number of carboxylic acids is 1. The zero-order valence-electron chi connectivity index (χ0n) is 10.2. The topological polar surface area (TPSA) is 57.6 Å². The molecule has 0 saturated heterocycles. The minimum absolute atomic E-state index is 0.00384. The summed E-state index contributed by atoms with van der Waals surface area (Å²) in [6.45, 7) is 3.43. The number of hydrogen-bond donors (Lipinski definition) is 1. The minimum atomic E-state index is -0.805. The number of carbonyl (C=O) groups is 2. The second-order valence-corrected chi connectivity index (χ2v) is 5.26. The van der Waals surface area contributed by atoms with Crippen LogP contribution in [-0.2, 0) is 9.59 Å². The molecule has 0 radical (unpaired) electrons. The highest BCUT2D eigenvalue weighted by Crippen LogP contribution is 2.44. The van der Waals surface area contributed by atoms with Crippen molar-refractivity contribution in [1.82, 2.24) is 4.90 Å². The van der Waals surface area contributed by atoms with Crippen molar-refractivity contribution >= 4 is 11.9 Å². The van der Waals surface area contributed by atoms with Gasteiger partial charge in [-0.3, -0.25) is 9.59 Å². The van der Waals surface area contributed by atoms with Crippen molar-refractivity contribution in [3.63, 3.8) is 0 Å². The van der Waals surface area contributed by atoms with Crippen molar-refractivity contribution in [3.05, 3.63) is 11.6 Å². The molecule has 0 unspecified atom stereocenters. The number of carboxylic acid groups (broad SMARTS) is 1. The van der Waals surface area contributed by atoms with E-state index in [0.717, 1.165) is 19.4 Å². The predicted octanol–water partition coefficient (Wildman–Crippen LogP) is 1.81. The van der Waals surface area contributed by atoms with Gasteiger partial charge in [-0.15, -0.1) is 0 Å². The van der Waals surface area contributed by atoms with Crippen LogP contribution < -0.4 is 0 Å². The van der Waals surface area contributed by atoms with E-state index >= 15 is 0 Å². The van der Waals surface area contributed by atoms with E-state index in [0.29, 0.717) is 19.4 Å². The molecule has 0 bridgehead atoms. The fourth-order valence-corrected chi connectivity index (χ4v) is 2.47. The molecule has 1 N–H and O–H groups in total. The Hall–Kier alpha value is -1.32. The van der Waals surface area contributed by atoms with Crippen molar-refractivity contribution in [1.29, 1.82) is 0 Å². The standard InChI is InChI=1S/C13H19NO3/c1-10-3-7-14(8-4-10)11(15)9-13(12(16)17)5-2-6-13/h3H,2,4-9H2,1H3,(H,16,17). The molecule has 2 rings (SSSR count). The van der Waals surface area contributed by atoms with Gasteiger partial charge >= 0.3 is 5.97 Å². The van der Waals surface area contributed by atoms with Crippen LogP contribution in [0.2, 0.25) is 0 Å². The lowest BCUT2D eigenvalue weighted by molar-refractivity contribution is -0.159. The highest BCUT2D eigenvalue weighted by molar-refractivity contribution is 5.85. The second kappa shape index (κ2) is 4.51. The van der Waals surface area contributed by atoms with Gasteiger partial charge in [-0.1, -0.05) is 18.1 Å². The molecule has 0 spiro atoms. The summed E-state index contributed by atoms with van der Waals surface area (Å²) in [7, 11) is 0. The molecule has 0 aromatic rings. The maximum Gasteiger partial charge on any atom is 0.310 e. The lowest BCUT2D eigenvalue weighted by Gasteiger charge is -2.38. The van der Waals surface area contributed by atoms with Gasteiger partial charge in [-0.05, 0) is 26.2 Å². The maximum absolute atomic E-state index is 12.1. The van der Waals surface area contributed by atoms with E-state index in [4.69, 9.17) is 0 Å². The van der Waals surface area contributed by atoms with Crippen molar-refractivity contribution < 1.29 is 14.7 Å². The third-order valence-electron chi connectivity index (χ3n) is 4.04. The molecule has 0 aromatic heterocycles. The van der Waals surface area contributed by atoms with Gasteiger partial charge in [0.2, 0.25) is 5.91 Å². The van der Waals surface area contributed by atoms with Crippen LogP contribution in [0.3, 0.4) is 0 Å². The first-order chi connectivity index (χ1) is 8.03. The minimum Gasteiger partial charge on any atom is -0.481 e. The fourth-order valence-electron chi connectivity index (χ4n) is 2.47. The molecule has 4 nitrogen and oxygen atoms in total. The van der Waals surface area contributed by atoms with Crippen molar-refractivity contribution in [2.45, 2.75) is 39.0 Å². The van der Waals surface area contributed by atoms with E-state index < -0.39 is 11.4 Å². The van der Waals surface area contributed by atoms with Gasteiger partial charge in [0.1, 0.15) is 0 Å². The average Bonchev–Trinajstić information content (AvgIpc) is 2.23. The monoisotopic (exact) mass is 237 g/mol. The average molecular weight is 237 g/mol. The molecule has 1 amide bonds. The molecule has 4 heteroatoms. The van der Waals surface area contributed by atoms with Gasteiger partial charge in [0.05, 0.1) is 5.41 Å². The number of hydrogen-bond acceptors (Lipinski definition) is 2. The van der Waals surface area contributed by atoms with Gasteiger partial charge in [-0.25, -0.2) is 0 Å². The smallest absolute Gasteiger partial charge is 0.310 e. The van der Waals surface area contributed by atoms with Gasteiger partial charge in [-0.2, -0.15) is 0 Å². The van der Waals surface area contributed by atoms with E-state index in [1.54, 1.807) is 4.90 Å². The van der Waals surface area contributed by atoms with Crippen LogP contribution in [0, 0.1) is 5.41 Å². The van der Waals surface area contributed by atoms with Gasteiger partial charge in [0.25, 0.3) is 0 Å². The largest absolute Gasteiger partial charge is 0.481 e. The summed E-state index contributed by atoms with van der Waals surface area (Å²) in [6, 6.07) is 0. The quantitative estimate of drug-likeness (QED) is 0.761. The lowest BCUT2D eigenvalue weighted by atomic mass is 9.66. The SMILES string of the molecule is CC1=CCN(C(=O)CC2(C(=O)O)CCC2)CC1. The van der Waals surface area contributed by atoms with Crippen molar-refractivity contribution in [2.75, 3.05) is 13.1 Å². The summed E-state index contributed by atoms with van der Waals surface area (Å²) < 4.78 is 0. The van der Waals surface area contributed by atoms with Crippen molar-refractivity contribution in [3.8, 4) is 0 Å². The zero-order chi connectivity index (χ0) is 12.5. The maximum atomic E-state index is 12.1. The van der Waals surface area contributed by atoms with Gasteiger partial charge in [0.15, 0.2) is 0 Å². The molecule has 0 atom stereocenters. The van der Waals surface area contributed by atoms with E-state index in [-0.39, 0.29) is 12.3 Å². The van der Waals surface area contributed by atoms with Crippen LogP contribution in [0.1, 0.15) is 39.0 Å². The first-order valence-electron chi connectivity index (χ1n) is 6.20. The Morgan fingerprint density at radius 3 is 2.59 bits per heavy atom. The third kappa shape index (κ3) is 2.35. The number of rotatable bonds is 3. The molecule has 1 fully saturated rings. The summed E-state index contributed by atoms with van der Waals surface area (Å²) in [5.74, 6) is -0.809. The molecule has 1 heterocycles. The first kappa shape index (κ1) is 12.1. The molecule has 94 valence electrons. The van der Waals surface area contributed by atoms with Gasteiger partial charge < -0.3 is 10.0 Å². The van der Waals surface area contributed by atoms with Crippen LogP contribution in [0.15, 0.2) is 11.6 Å². The highest BCUT2D eigenvalue weighted by atomic mass is 16.4. The predicted molar refractivity (Wildman–Crippen MR) is 63.5 cm³/mol. The Bertz CT molecular complexity index is 369. The fraction of sp³-hybridized carbons (Fsp3) is 0.692. The Labute approximate surface area is 101 Å². The Balaban J connectivity index is 1.95. The molecule has 1 saturated carbocycles. The number of carbonyl (C=O) groups excluding carboxylic acids is 1. The Morgan fingerprint density at radius 2 is 2.18 bits per heavy atom.